The third-order valence-corrected chi connectivity index (χ3v) is 4.56. The molecular formula is C16H16BrN3O2. The third-order valence-electron chi connectivity index (χ3n) is 3.84. The van der Waals surface area contributed by atoms with Gasteiger partial charge in [0.1, 0.15) is 0 Å². The number of nitrogens with one attached hydrogen (secondary N) is 2. The summed E-state index contributed by atoms with van der Waals surface area (Å²) in [7, 11) is 0. The lowest BCUT2D eigenvalue weighted by atomic mass is 9.81. The highest BCUT2D eigenvalue weighted by Crippen LogP contribution is 2.44. The second-order valence-corrected chi connectivity index (χ2v) is 6.41. The molecule has 6 heteroatoms. The second-order valence-electron chi connectivity index (χ2n) is 5.56. The second kappa shape index (κ2) is 5.61. The van der Waals surface area contributed by atoms with Crippen molar-refractivity contribution in [1.29, 1.82) is 0 Å². The van der Waals surface area contributed by atoms with Crippen LogP contribution >= 0.6 is 15.9 Å². The van der Waals surface area contributed by atoms with Crippen molar-refractivity contribution >= 4 is 27.7 Å². The number of carboxylic acids is 1. The van der Waals surface area contributed by atoms with Gasteiger partial charge in [0.15, 0.2) is 5.82 Å². The van der Waals surface area contributed by atoms with Crippen LogP contribution < -0.4 is 5.32 Å². The maximum atomic E-state index is 12.0. The van der Waals surface area contributed by atoms with Crippen LogP contribution in [0.3, 0.4) is 0 Å². The first-order chi connectivity index (χ1) is 10.5. The maximum absolute atomic E-state index is 12.0. The first-order valence-corrected chi connectivity index (χ1v) is 7.82. The van der Waals surface area contributed by atoms with Gasteiger partial charge in [-0.15, -0.1) is 0 Å². The van der Waals surface area contributed by atoms with E-state index in [0.717, 1.165) is 15.6 Å². The van der Waals surface area contributed by atoms with Gasteiger partial charge in [0.2, 0.25) is 0 Å². The number of carbonyl (C=O) groups is 1. The number of halogens is 1. The molecule has 0 saturated heterocycles. The summed E-state index contributed by atoms with van der Waals surface area (Å²) >= 11 is 3.54. The average molecular weight is 362 g/mol. The van der Waals surface area contributed by atoms with E-state index >= 15 is 0 Å². The molecule has 0 aliphatic carbocycles. The van der Waals surface area contributed by atoms with E-state index in [2.05, 4.69) is 31.4 Å². The summed E-state index contributed by atoms with van der Waals surface area (Å²) in [6.07, 6.45) is 1.76. The molecule has 1 aromatic heterocycles. The van der Waals surface area contributed by atoms with E-state index in [1.807, 2.05) is 38.1 Å². The number of hydrogen-bond donors (Lipinski definition) is 3. The van der Waals surface area contributed by atoms with E-state index < -0.39 is 5.97 Å². The number of rotatable bonds is 3. The first-order valence-electron chi connectivity index (χ1n) is 7.03. The Balaban J connectivity index is 2.28. The Hall–Kier alpha value is -2.08. The summed E-state index contributed by atoms with van der Waals surface area (Å²) in [6.45, 7) is 3.94. The predicted octanol–water partition coefficient (Wildman–Crippen LogP) is 3.72. The lowest BCUT2D eigenvalue weighted by Crippen LogP contribution is -2.25. The smallest absolute Gasteiger partial charge is 0.334 e. The lowest BCUT2D eigenvalue weighted by Gasteiger charge is -2.29. The van der Waals surface area contributed by atoms with Crippen molar-refractivity contribution < 1.29 is 9.90 Å². The Morgan fingerprint density at radius 1 is 1.32 bits per heavy atom. The summed E-state index contributed by atoms with van der Waals surface area (Å²) < 4.78 is 0.885. The number of H-pyrrole nitrogens is 1. The van der Waals surface area contributed by atoms with Gasteiger partial charge in [-0.05, 0) is 17.5 Å². The molecule has 1 aromatic carbocycles. The number of nitrogens with zero attached hydrogens (tertiary/aromatic N) is 1. The van der Waals surface area contributed by atoms with Gasteiger partial charge in [0.25, 0.3) is 0 Å². The molecule has 0 saturated carbocycles. The van der Waals surface area contributed by atoms with Crippen LogP contribution in [0.15, 0.2) is 46.2 Å². The number of benzene rings is 1. The Morgan fingerprint density at radius 3 is 2.68 bits per heavy atom. The first kappa shape index (κ1) is 14.8. The van der Waals surface area contributed by atoms with Crippen molar-refractivity contribution in [3.8, 4) is 0 Å². The zero-order valence-corrected chi connectivity index (χ0v) is 13.8. The molecular weight excluding hydrogens is 346 g/mol. The molecule has 5 nitrogen and oxygen atoms in total. The third kappa shape index (κ3) is 2.33. The minimum Gasteiger partial charge on any atom is -0.478 e. The van der Waals surface area contributed by atoms with Crippen LogP contribution in [0.25, 0.3) is 0 Å². The van der Waals surface area contributed by atoms with Crippen molar-refractivity contribution in [3.05, 3.63) is 57.3 Å². The highest BCUT2D eigenvalue weighted by Gasteiger charge is 2.36. The largest absolute Gasteiger partial charge is 0.478 e. The zero-order chi connectivity index (χ0) is 15.9. The van der Waals surface area contributed by atoms with Gasteiger partial charge in [-0.3, -0.25) is 5.10 Å². The molecule has 1 unspecified atom stereocenters. The van der Waals surface area contributed by atoms with Crippen molar-refractivity contribution in [2.24, 2.45) is 5.92 Å². The van der Waals surface area contributed by atoms with E-state index in [9.17, 15) is 9.90 Å². The van der Waals surface area contributed by atoms with Gasteiger partial charge in [-0.2, -0.15) is 5.10 Å². The number of anilines is 1. The van der Waals surface area contributed by atoms with Crippen LogP contribution in [0.4, 0.5) is 5.82 Å². The number of carboxylic acid groups (broad SMARTS) is 1. The van der Waals surface area contributed by atoms with Gasteiger partial charge >= 0.3 is 5.97 Å². The molecule has 0 fully saturated rings. The molecule has 2 heterocycles. The van der Waals surface area contributed by atoms with Crippen molar-refractivity contribution in [2.75, 3.05) is 5.32 Å². The van der Waals surface area contributed by atoms with Crippen molar-refractivity contribution in [1.82, 2.24) is 10.2 Å². The van der Waals surface area contributed by atoms with Crippen LogP contribution in [-0.4, -0.2) is 21.3 Å². The molecule has 114 valence electrons. The summed E-state index contributed by atoms with van der Waals surface area (Å²) in [4.78, 5) is 12.0. The van der Waals surface area contributed by atoms with Crippen LogP contribution in [-0.2, 0) is 4.79 Å². The SMILES string of the molecule is CC(C)C1=C(C(=O)O)C(c2ccccc2Br)c2c[nH]nc2N1. The molecule has 0 amide bonds. The molecule has 2 aromatic rings. The van der Waals surface area contributed by atoms with E-state index in [4.69, 9.17) is 0 Å². The monoisotopic (exact) mass is 361 g/mol. The number of fused-ring (bicyclic) bond motifs is 1. The fraction of sp³-hybridized carbons (Fsp3) is 0.250. The van der Waals surface area contributed by atoms with Gasteiger partial charge in [0, 0.05) is 27.8 Å². The maximum Gasteiger partial charge on any atom is 0.334 e. The Kier molecular flexibility index (Phi) is 3.78. The number of aromatic nitrogens is 2. The molecule has 22 heavy (non-hydrogen) atoms. The molecule has 1 aliphatic heterocycles. The highest BCUT2D eigenvalue weighted by molar-refractivity contribution is 9.10. The van der Waals surface area contributed by atoms with Gasteiger partial charge in [0.05, 0.1) is 5.57 Å². The number of hydrogen-bond acceptors (Lipinski definition) is 3. The molecule has 3 rings (SSSR count). The van der Waals surface area contributed by atoms with E-state index in [1.54, 1.807) is 6.20 Å². The van der Waals surface area contributed by atoms with E-state index in [1.165, 1.54) is 0 Å². The Labute approximate surface area is 136 Å². The Bertz CT molecular complexity index is 764. The quantitative estimate of drug-likeness (QED) is 0.778. The van der Waals surface area contributed by atoms with Gasteiger partial charge in [-0.25, -0.2) is 4.79 Å². The van der Waals surface area contributed by atoms with Crippen molar-refractivity contribution in [3.63, 3.8) is 0 Å². The minimum atomic E-state index is -0.913. The highest BCUT2D eigenvalue weighted by atomic mass is 79.9. The number of aromatic amines is 1. The molecule has 0 bridgehead atoms. The fourth-order valence-electron chi connectivity index (χ4n) is 2.85. The summed E-state index contributed by atoms with van der Waals surface area (Å²) in [5, 5.41) is 20.0. The van der Waals surface area contributed by atoms with Crippen LogP contribution in [0.5, 0.6) is 0 Å². The topological polar surface area (TPSA) is 78.0 Å². The number of aliphatic carboxylic acids is 1. The minimum absolute atomic E-state index is 0.0564. The van der Waals surface area contributed by atoms with Crippen LogP contribution in [0.1, 0.15) is 30.9 Å². The molecule has 1 aliphatic rings. The van der Waals surface area contributed by atoms with Crippen LogP contribution in [0, 0.1) is 5.92 Å². The summed E-state index contributed by atoms with van der Waals surface area (Å²) in [5.41, 5.74) is 2.83. The molecule has 0 spiro atoms. The number of allylic oxidation sites excluding steroid dienone is 1. The van der Waals surface area contributed by atoms with Gasteiger partial charge in [-0.1, -0.05) is 48.0 Å². The lowest BCUT2D eigenvalue weighted by molar-refractivity contribution is -0.133. The van der Waals surface area contributed by atoms with E-state index in [0.29, 0.717) is 17.1 Å². The standard InChI is InChI=1S/C16H16BrN3O2/c1-8(2)14-13(16(21)22)12(9-5-3-4-6-11(9)17)10-7-18-20-15(10)19-14/h3-8,12H,1-2H3,(H,21,22)(H2,18,19,20). The average Bonchev–Trinajstić information content (AvgIpc) is 2.93. The van der Waals surface area contributed by atoms with E-state index in [-0.39, 0.29) is 11.8 Å². The predicted molar refractivity (Wildman–Crippen MR) is 87.7 cm³/mol. The molecule has 3 N–H and O–H groups in total. The zero-order valence-electron chi connectivity index (χ0n) is 12.2. The molecule has 0 radical (unpaired) electrons. The molecule has 1 atom stereocenters. The van der Waals surface area contributed by atoms with Gasteiger partial charge < -0.3 is 10.4 Å². The summed E-state index contributed by atoms with van der Waals surface area (Å²) in [5.74, 6) is -0.528. The van der Waals surface area contributed by atoms with Crippen molar-refractivity contribution in [2.45, 2.75) is 19.8 Å². The summed E-state index contributed by atoms with van der Waals surface area (Å²) in [6, 6.07) is 7.69. The van der Waals surface area contributed by atoms with Crippen LogP contribution in [0.2, 0.25) is 0 Å². The Morgan fingerprint density at radius 2 is 2.05 bits per heavy atom. The fourth-order valence-corrected chi connectivity index (χ4v) is 3.37. The normalized spacial score (nSPS) is 17.4.